The second-order valence-electron chi connectivity index (χ2n) is 4.93. The van der Waals surface area contributed by atoms with Crippen molar-refractivity contribution in [2.45, 2.75) is 38.6 Å². The number of halogens is 3. The average molecular weight is 257 g/mol. The van der Waals surface area contributed by atoms with E-state index in [2.05, 4.69) is 5.32 Å². The van der Waals surface area contributed by atoms with Crippen molar-refractivity contribution in [1.82, 2.24) is 5.32 Å². The van der Waals surface area contributed by atoms with Gasteiger partial charge in [-0.3, -0.25) is 0 Å². The molecule has 0 aliphatic heterocycles. The Kier molecular flexibility index (Phi) is 4.27. The third-order valence-electron chi connectivity index (χ3n) is 3.42. The minimum Gasteiger partial charge on any atom is -0.310 e. The fourth-order valence-electron chi connectivity index (χ4n) is 2.22. The summed E-state index contributed by atoms with van der Waals surface area (Å²) < 4.78 is 39.3. The number of benzene rings is 1. The SMILES string of the molecule is CCNC(CCC1CC1)c1cc(F)c(F)c(F)c1. The van der Waals surface area contributed by atoms with E-state index < -0.39 is 17.5 Å². The highest BCUT2D eigenvalue weighted by Crippen LogP contribution is 2.36. The molecule has 1 atom stereocenters. The van der Waals surface area contributed by atoms with E-state index in [0.29, 0.717) is 5.56 Å². The van der Waals surface area contributed by atoms with Gasteiger partial charge >= 0.3 is 0 Å². The molecule has 1 N–H and O–H groups in total. The summed E-state index contributed by atoms with van der Waals surface area (Å²) in [5.74, 6) is -2.85. The highest BCUT2D eigenvalue weighted by molar-refractivity contribution is 5.22. The third kappa shape index (κ3) is 3.25. The summed E-state index contributed by atoms with van der Waals surface area (Å²) in [6, 6.07) is 2.09. The molecule has 18 heavy (non-hydrogen) atoms. The molecule has 1 nitrogen and oxygen atoms in total. The minimum atomic E-state index is -1.39. The molecule has 0 saturated heterocycles. The molecule has 1 aromatic carbocycles. The lowest BCUT2D eigenvalue weighted by molar-refractivity contribution is 0.433. The first-order valence-electron chi connectivity index (χ1n) is 6.49. The van der Waals surface area contributed by atoms with E-state index in [1.165, 1.54) is 12.8 Å². The van der Waals surface area contributed by atoms with E-state index in [9.17, 15) is 13.2 Å². The topological polar surface area (TPSA) is 12.0 Å². The van der Waals surface area contributed by atoms with E-state index in [0.717, 1.165) is 37.4 Å². The molecule has 1 fully saturated rings. The van der Waals surface area contributed by atoms with Crippen LogP contribution in [-0.2, 0) is 0 Å². The van der Waals surface area contributed by atoms with Crippen LogP contribution in [0.4, 0.5) is 13.2 Å². The number of nitrogens with one attached hydrogen (secondary N) is 1. The van der Waals surface area contributed by atoms with Crippen molar-refractivity contribution >= 4 is 0 Å². The summed E-state index contributed by atoms with van der Waals surface area (Å²) >= 11 is 0. The average Bonchev–Trinajstić information content (AvgIpc) is 3.15. The Balaban J connectivity index is 2.12. The zero-order valence-corrected chi connectivity index (χ0v) is 10.5. The second-order valence-corrected chi connectivity index (χ2v) is 4.93. The van der Waals surface area contributed by atoms with Gasteiger partial charge in [0.2, 0.25) is 0 Å². The van der Waals surface area contributed by atoms with Crippen molar-refractivity contribution in [3.05, 3.63) is 35.1 Å². The first-order valence-corrected chi connectivity index (χ1v) is 6.49. The second kappa shape index (κ2) is 5.74. The molecule has 0 aromatic heterocycles. The van der Waals surface area contributed by atoms with Crippen LogP contribution in [0.5, 0.6) is 0 Å². The van der Waals surface area contributed by atoms with Crippen LogP contribution in [0.25, 0.3) is 0 Å². The molecular weight excluding hydrogens is 239 g/mol. The molecule has 0 amide bonds. The van der Waals surface area contributed by atoms with Crippen molar-refractivity contribution in [3.63, 3.8) is 0 Å². The molecule has 0 bridgehead atoms. The molecule has 1 aliphatic carbocycles. The molecule has 1 saturated carbocycles. The summed E-state index contributed by atoms with van der Waals surface area (Å²) in [5.41, 5.74) is 0.494. The van der Waals surface area contributed by atoms with E-state index in [1.807, 2.05) is 6.92 Å². The maximum Gasteiger partial charge on any atom is 0.194 e. The Morgan fingerprint density at radius 3 is 2.33 bits per heavy atom. The zero-order valence-electron chi connectivity index (χ0n) is 10.5. The Labute approximate surface area is 105 Å². The smallest absolute Gasteiger partial charge is 0.194 e. The van der Waals surface area contributed by atoms with Gasteiger partial charge in [-0.05, 0) is 43.0 Å². The lowest BCUT2D eigenvalue weighted by atomic mass is 10.00. The molecule has 4 heteroatoms. The quantitative estimate of drug-likeness (QED) is 0.761. The van der Waals surface area contributed by atoms with Crippen molar-refractivity contribution < 1.29 is 13.2 Å². The standard InChI is InChI=1S/C14H18F3N/c1-2-18-13(6-5-9-3-4-9)10-7-11(15)14(17)12(16)8-10/h7-9,13,18H,2-6H2,1H3. The molecule has 1 aromatic rings. The predicted molar refractivity (Wildman–Crippen MR) is 64.7 cm³/mol. The summed E-state index contributed by atoms with van der Waals surface area (Å²) in [6.07, 6.45) is 4.40. The molecule has 1 aliphatic rings. The van der Waals surface area contributed by atoms with Crippen LogP contribution in [0, 0.1) is 23.4 Å². The number of hydrogen-bond acceptors (Lipinski definition) is 1. The van der Waals surface area contributed by atoms with Gasteiger partial charge in [0.1, 0.15) is 0 Å². The van der Waals surface area contributed by atoms with Crippen molar-refractivity contribution in [2.75, 3.05) is 6.54 Å². The molecule has 100 valence electrons. The Morgan fingerprint density at radius 1 is 1.22 bits per heavy atom. The van der Waals surface area contributed by atoms with E-state index in [-0.39, 0.29) is 6.04 Å². The van der Waals surface area contributed by atoms with Crippen LogP contribution in [0.3, 0.4) is 0 Å². The maximum absolute atomic E-state index is 13.2. The normalized spacial score (nSPS) is 16.9. The molecule has 0 radical (unpaired) electrons. The maximum atomic E-state index is 13.2. The molecule has 2 rings (SSSR count). The van der Waals surface area contributed by atoms with Gasteiger partial charge in [0.15, 0.2) is 17.5 Å². The van der Waals surface area contributed by atoms with E-state index in [4.69, 9.17) is 0 Å². The van der Waals surface area contributed by atoms with E-state index >= 15 is 0 Å². The van der Waals surface area contributed by atoms with Gasteiger partial charge in [0.05, 0.1) is 0 Å². The highest BCUT2D eigenvalue weighted by atomic mass is 19.2. The van der Waals surface area contributed by atoms with Crippen molar-refractivity contribution in [1.29, 1.82) is 0 Å². The molecule has 1 unspecified atom stereocenters. The molecular formula is C14H18F3N. The van der Waals surface area contributed by atoms with Gasteiger partial charge in [0, 0.05) is 6.04 Å². The fourth-order valence-corrected chi connectivity index (χ4v) is 2.22. The Bertz CT molecular complexity index is 392. The summed E-state index contributed by atoms with van der Waals surface area (Å²) in [7, 11) is 0. The van der Waals surface area contributed by atoms with Gasteiger partial charge in [-0.2, -0.15) is 0 Å². The first-order chi connectivity index (χ1) is 8.61. The summed E-state index contributed by atoms with van der Waals surface area (Å²) in [4.78, 5) is 0. The van der Waals surface area contributed by atoms with Crippen molar-refractivity contribution in [3.8, 4) is 0 Å². The van der Waals surface area contributed by atoms with Crippen LogP contribution >= 0.6 is 0 Å². The van der Waals surface area contributed by atoms with Gasteiger partial charge in [-0.1, -0.05) is 19.8 Å². The lowest BCUT2D eigenvalue weighted by Gasteiger charge is -2.18. The van der Waals surface area contributed by atoms with Crippen LogP contribution in [0.1, 0.15) is 44.2 Å². The summed E-state index contributed by atoms with van der Waals surface area (Å²) in [5, 5.41) is 3.20. The van der Waals surface area contributed by atoms with E-state index in [1.54, 1.807) is 0 Å². The number of hydrogen-bond donors (Lipinski definition) is 1. The highest BCUT2D eigenvalue weighted by Gasteiger charge is 2.23. The Hall–Kier alpha value is -1.03. The predicted octanol–water partition coefficient (Wildman–Crippen LogP) is 3.94. The Morgan fingerprint density at radius 2 is 1.83 bits per heavy atom. The lowest BCUT2D eigenvalue weighted by Crippen LogP contribution is -2.21. The fraction of sp³-hybridized carbons (Fsp3) is 0.571. The zero-order chi connectivity index (χ0) is 13.1. The van der Waals surface area contributed by atoms with Crippen LogP contribution in [-0.4, -0.2) is 6.54 Å². The summed E-state index contributed by atoms with van der Waals surface area (Å²) in [6.45, 7) is 2.66. The van der Waals surface area contributed by atoms with Gasteiger partial charge in [0.25, 0.3) is 0 Å². The minimum absolute atomic E-state index is 0.0970. The molecule has 0 heterocycles. The van der Waals surface area contributed by atoms with Gasteiger partial charge in [-0.25, -0.2) is 13.2 Å². The van der Waals surface area contributed by atoms with Gasteiger partial charge < -0.3 is 5.32 Å². The first kappa shape index (κ1) is 13.4. The largest absolute Gasteiger partial charge is 0.310 e. The van der Waals surface area contributed by atoms with Crippen molar-refractivity contribution in [2.24, 2.45) is 5.92 Å². The monoisotopic (exact) mass is 257 g/mol. The van der Waals surface area contributed by atoms with Crippen LogP contribution in [0.15, 0.2) is 12.1 Å². The third-order valence-corrected chi connectivity index (χ3v) is 3.42. The van der Waals surface area contributed by atoms with Gasteiger partial charge in [-0.15, -0.1) is 0 Å². The van der Waals surface area contributed by atoms with Crippen LogP contribution < -0.4 is 5.32 Å². The van der Waals surface area contributed by atoms with Crippen LogP contribution in [0.2, 0.25) is 0 Å². The number of rotatable bonds is 6. The molecule has 0 spiro atoms.